The molecule has 138 valence electrons. The van der Waals surface area contributed by atoms with Crippen LogP contribution in [0.15, 0.2) is 30.3 Å². The lowest BCUT2D eigenvalue weighted by Crippen LogP contribution is -2.45. The first-order valence-corrected chi connectivity index (χ1v) is 9.30. The summed E-state index contributed by atoms with van der Waals surface area (Å²) < 4.78 is 11.6. The quantitative estimate of drug-likeness (QED) is 0.911. The first-order valence-electron chi connectivity index (χ1n) is 9.30. The van der Waals surface area contributed by atoms with E-state index in [1.165, 1.54) is 11.1 Å². The molecule has 2 fully saturated rings. The van der Waals surface area contributed by atoms with Crippen LogP contribution in [0.25, 0.3) is 0 Å². The van der Waals surface area contributed by atoms with Gasteiger partial charge in [-0.3, -0.25) is 0 Å². The molecule has 1 spiro atoms. The molecule has 0 unspecified atom stereocenters. The van der Waals surface area contributed by atoms with E-state index < -0.39 is 0 Å². The van der Waals surface area contributed by atoms with Gasteiger partial charge < -0.3 is 19.7 Å². The van der Waals surface area contributed by atoms with Crippen LogP contribution in [-0.2, 0) is 16.0 Å². The fourth-order valence-electron chi connectivity index (χ4n) is 3.57. The van der Waals surface area contributed by atoms with E-state index in [0.717, 1.165) is 49.9 Å². The van der Waals surface area contributed by atoms with Gasteiger partial charge in [-0.2, -0.15) is 0 Å². The van der Waals surface area contributed by atoms with Crippen LogP contribution in [0.3, 0.4) is 0 Å². The second-order valence-corrected chi connectivity index (χ2v) is 7.09. The van der Waals surface area contributed by atoms with Gasteiger partial charge in [0, 0.05) is 38.5 Å². The predicted octanol–water partition coefficient (Wildman–Crippen LogP) is 3.05. The summed E-state index contributed by atoms with van der Waals surface area (Å²) in [4.78, 5) is 11.5. The van der Waals surface area contributed by atoms with Gasteiger partial charge >= 0.3 is 0 Å². The van der Waals surface area contributed by atoms with E-state index in [2.05, 4.69) is 51.4 Å². The van der Waals surface area contributed by atoms with E-state index in [1.54, 1.807) is 0 Å². The highest BCUT2D eigenvalue weighted by atomic mass is 16.7. The van der Waals surface area contributed by atoms with Gasteiger partial charge in [-0.05, 0) is 19.4 Å². The largest absolute Gasteiger partial charge is 0.366 e. The summed E-state index contributed by atoms with van der Waals surface area (Å²) in [5.74, 6) is 2.26. The Morgan fingerprint density at radius 2 is 1.73 bits per heavy atom. The van der Waals surface area contributed by atoms with Crippen LogP contribution in [0.2, 0.25) is 0 Å². The third-order valence-electron chi connectivity index (χ3n) is 5.08. The Balaban J connectivity index is 1.42. The number of aromatic nitrogens is 2. The first-order chi connectivity index (χ1) is 12.6. The molecular formula is C20H26N4O2. The van der Waals surface area contributed by atoms with Crippen molar-refractivity contribution in [2.24, 2.45) is 0 Å². The molecule has 2 aliphatic rings. The Morgan fingerprint density at radius 1 is 1.04 bits per heavy atom. The van der Waals surface area contributed by atoms with Gasteiger partial charge in [-0.1, -0.05) is 29.8 Å². The predicted molar refractivity (Wildman–Crippen MR) is 101 cm³/mol. The molecule has 2 saturated heterocycles. The number of rotatable bonds is 4. The maximum absolute atomic E-state index is 5.81. The summed E-state index contributed by atoms with van der Waals surface area (Å²) >= 11 is 0. The fraction of sp³-hybridized carbons (Fsp3) is 0.500. The highest BCUT2D eigenvalue weighted by Crippen LogP contribution is 2.33. The summed E-state index contributed by atoms with van der Waals surface area (Å²) in [7, 11) is 0. The highest BCUT2D eigenvalue weighted by Gasteiger charge is 2.40. The van der Waals surface area contributed by atoms with Gasteiger partial charge in [-0.15, -0.1) is 0 Å². The van der Waals surface area contributed by atoms with Crippen molar-refractivity contribution in [1.82, 2.24) is 9.97 Å². The van der Waals surface area contributed by atoms with Gasteiger partial charge in [0.2, 0.25) is 0 Å². The van der Waals surface area contributed by atoms with Crippen molar-refractivity contribution in [2.45, 2.75) is 39.0 Å². The molecule has 1 aromatic carbocycles. The standard InChI is InChI=1S/C20H26N4O2/c1-15-3-5-17(6-4-15)14-21-18-13-19(23-16(2)22-18)24-9-7-20(8-10-24)25-11-12-26-20/h3-6,13H,7-12,14H2,1-2H3,(H,21,22,23). The zero-order chi connectivity index (χ0) is 18.0. The van der Waals surface area contributed by atoms with E-state index in [4.69, 9.17) is 9.47 Å². The van der Waals surface area contributed by atoms with Crippen molar-refractivity contribution in [3.8, 4) is 0 Å². The van der Waals surface area contributed by atoms with Crippen molar-refractivity contribution >= 4 is 11.6 Å². The van der Waals surface area contributed by atoms with Gasteiger partial charge in [0.15, 0.2) is 5.79 Å². The minimum absolute atomic E-state index is 0.356. The molecule has 0 radical (unpaired) electrons. The van der Waals surface area contributed by atoms with Crippen molar-refractivity contribution < 1.29 is 9.47 Å². The monoisotopic (exact) mass is 354 g/mol. The lowest BCUT2D eigenvalue weighted by Gasteiger charge is -2.38. The number of hydrogen-bond donors (Lipinski definition) is 1. The fourth-order valence-corrected chi connectivity index (χ4v) is 3.57. The third kappa shape index (κ3) is 3.81. The van der Waals surface area contributed by atoms with Gasteiger partial charge in [0.25, 0.3) is 0 Å². The molecular weight excluding hydrogens is 328 g/mol. The molecule has 2 aliphatic heterocycles. The summed E-state index contributed by atoms with van der Waals surface area (Å²) in [5, 5.41) is 3.42. The third-order valence-corrected chi connectivity index (χ3v) is 5.08. The number of benzene rings is 1. The molecule has 6 nitrogen and oxygen atoms in total. The van der Waals surface area contributed by atoms with E-state index in [-0.39, 0.29) is 5.79 Å². The van der Waals surface area contributed by atoms with Crippen LogP contribution < -0.4 is 10.2 Å². The summed E-state index contributed by atoms with van der Waals surface area (Å²) in [5.41, 5.74) is 2.51. The minimum Gasteiger partial charge on any atom is -0.366 e. The topological polar surface area (TPSA) is 59.5 Å². The van der Waals surface area contributed by atoms with Crippen molar-refractivity contribution in [2.75, 3.05) is 36.5 Å². The SMILES string of the molecule is Cc1ccc(CNc2cc(N3CCC4(CC3)OCCO4)nc(C)n2)cc1. The van der Waals surface area contributed by atoms with Crippen LogP contribution in [0, 0.1) is 13.8 Å². The smallest absolute Gasteiger partial charge is 0.171 e. The molecule has 2 aromatic rings. The van der Waals surface area contributed by atoms with Gasteiger partial charge in [-0.25, -0.2) is 9.97 Å². The van der Waals surface area contributed by atoms with Crippen LogP contribution in [0.5, 0.6) is 0 Å². The van der Waals surface area contributed by atoms with Gasteiger partial charge in [0.05, 0.1) is 13.2 Å². The minimum atomic E-state index is -0.356. The molecule has 4 rings (SSSR count). The number of nitrogens with one attached hydrogen (secondary N) is 1. The van der Waals surface area contributed by atoms with Crippen molar-refractivity contribution in [3.05, 3.63) is 47.3 Å². The van der Waals surface area contributed by atoms with Crippen LogP contribution in [-0.4, -0.2) is 42.1 Å². The molecule has 0 bridgehead atoms. The lowest BCUT2D eigenvalue weighted by atomic mass is 10.0. The molecule has 0 amide bonds. The number of ether oxygens (including phenoxy) is 2. The highest BCUT2D eigenvalue weighted by molar-refractivity contribution is 5.50. The Bertz CT molecular complexity index is 747. The zero-order valence-electron chi connectivity index (χ0n) is 15.5. The summed E-state index contributed by atoms with van der Waals surface area (Å²) in [6.07, 6.45) is 1.75. The summed E-state index contributed by atoms with van der Waals surface area (Å²) in [6.45, 7) is 7.97. The average molecular weight is 354 g/mol. The normalized spacial score (nSPS) is 19.1. The Labute approximate surface area is 154 Å². The molecule has 1 N–H and O–H groups in total. The maximum atomic E-state index is 5.81. The maximum Gasteiger partial charge on any atom is 0.171 e. The number of piperidine rings is 1. The molecule has 3 heterocycles. The first kappa shape index (κ1) is 17.2. The Hall–Kier alpha value is -2.18. The van der Waals surface area contributed by atoms with E-state index in [0.29, 0.717) is 13.2 Å². The average Bonchev–Trinajstić information content (AvgIpc) is 3.09. The number of hydrogen-bond acceptors (Lipinski definition) is 6. The van der Waals surface area contributed by atoms with E-state index >= 15 is 0 Å². The molecule has 0 atom stereocenters. The van der Waals surface area contributed by atoms with E-state index in [9.17, 15) is 0 Å². The van der Waals surface area contributed by atoms with Gasteiger partial charge in [0.1, 0.15) is 17.5 Å². The second kappa shape index (κ2) is 7.21. The lowest BCUT2D eigenvalue weighted by molar-refractivity contribution is -0.169. The zero-order valence-corrected chi connectivity index (χ0v) is 15.5. The van der Waals surface area contributed by atoms with Crippen molar-refractivity contribution in [1.29, 1.82) is 0 Å². The van der Waals surface area contributed by atoms with E-state index in [1.807, 2.05) is 13.0 Å². The Kier molecular flexibility index (Phi) is 4.78. The molecule has 0 aliphatic carbocycles. The molecule has 1 aromatic heterocycles. The van der Waals surface area contributed by atoms with Crippen LogP contribution in [0.4, 0.5) is 11.6 Å². The summed E-state index contributed by atoms with van der Waals surface area (Å²) in [6, 6.07) is 10.6. The number of aryl methyl sites for hydroxylation is 2. The number of nitrogens with zero attached hydrogens (tertiary/aromatic N) is 3. The Morgan fingerprint density at radius 3 is 2.42 bits per heavy atom. The van der Waals surface area contributed by atoms with Crippen molar-refractivity contribution in [3.63, 3.8) is 0 Å². The molecule has 26 heavy (non-hydrogen) atoms. The van der Waals surface area contributed by atoms with Crippen LogP contribution in [0.1, 0.15) is 29.8 Å². The second-order valence-electron chi connectivity index (χ2n) is 7.09. The van der Waals surface area contributed by atoms with Crippen LogP contribution >= 0.6 is 0 Å². The number of anilines is 2. The molecule has 6 heteroatoms. The molecule has 0 saturated carbocycles.